The first-order valence-corrected chi connectivity index (χ1v) is 9.04. The highest BCUT2D eigenvalue weighted by molar-refractivity contribution is 7.91. The van der Waals surface area contributed by atoms with Gasteiger partial charge in [-0.15, -0.1) is 0 Å². The van der Waals surface area contributed by atoms with Crippen molar-refractivity contribution in [3.8, 4) is 5.69 Å². The predicted octanol–water partition coefficient (Wildman–Crippen LogP) is 4.07. The third-order valence-corrected chi connectivity index (χ3v) is 4.93. The minimum atomic E-state index is -3.54. The molecule has 0 unspecified atom stereocenters. The van der Waals surface area contributed by atoms with Gasteiger partial charge in [-0.25, -0.2) is 8.42 Å². The maximum Gasteiger partial charge on any atom is 0.236 e. The van der Waals surface area contributed by atoms with Crippen LogP contribution < -0.4 is 4.72 Å². The van der Waals surface area contributed by atoms with Gasteiger partial charge in [0.05, 0.1) is 11.4 Å². The Balaban J connectivity index is 1.81. The lowest BCUT2D eigenvalue weighted by Crippen LogP contribution is -2.15. The Kier molecular flexibility index (Phi) is 4.41. The van der Waals surface area contributed by atoms with Crippen LogP contribution in [0.25, 0.3) is 5.69 Å². The van der Waals surface area contributed by atoms with Gasteiger partial charge in [-0.2, -0.15) is 0 Å². The Morgan fingerprint density at radius 1 is 0.957 bits per heavy atom. The number of halogens is 1. The molecule has 0 aliphatic heterocycles. The van der Waals surface area contributed by atoms with Gasteiger partial charge in [-0.05, 0) is 42.0 Å². The van der Waals surface area contributed by atoms with Crippen molar-refractivity contribution in [1.82, 2.24) is 4.57 Å². The largest absolute Gasteiger partial charge is 0.324 e. The van der Waals surface area contributed by atoms with Crippen LogP contribution in [-0.4, -0.2) is 13.0 Å². The molecule has 4 nitrogen and oxygen atoms in total. The normalized spacial score (nSPS) is 11.3. The summed E-state index contributed by atoms with van der Waals surface area (Å²) in [6, 6.07) is 18.0. The predicted molar refractivity (Wildman–Crippen MR) is 93.5 cm³/mol. The quantitative estimate of drug-likeness (QED) is 0.757. The van der Waals surface area contributed by atoms with E-state index in [1.54, 1.807) is 36.4 Å². The highest BCUT2D eigenvalue weighted by Gasteiger charge is 2.14. The van der Waals surface area contributed by atoms with Crippen LogP contribution in [-0.2, 0) is 15.8 Å². The molecule has 0 aliphatic carbocycles. The number of hydrogen-bond acceptors (Lipinski definition) is 2. The molecule has 0 fully saturated rings. The lowest BCUT2D eigenvalue weighted by atomic mass is 10.2. The number of rotatable bonds is 5. The zero-order valence-corrected chi connectivity index (χ0v) is 13.8. The summed E-state index contributed by atoms with van der Waals surface area (Å²) in [6.07, 6.45) is 3.80. The molecule has 3 rings (SSSR count). The molecule has 2 aromatic carbocycles. The van der Waals surface area contributed by atoms with E-state index in [0.29, 0.717) is 16.3 Å². The highest BCUT2D eigenvalue weighted by Crippen LogP contribution is 2.20. The van der Waals surface area contributed by atoms with E-state index >= 15 is 0 Å². The van der Waals surface area contributed by atoms with E-state index in [4.69, 9.17) is 11.6 Å². The molecule has 3 aromatic rings. The third-order valence-electron chi connectivity index (χ3n) is 3.33. The Hall–Kier alpha value is -2.24. The lowest BCUT2D eigenvalue weighted by Gasteiger charge is -2.11. The van der Waals surface area contributed by atoms with Gasteiger partial charge >= 0.3 is 0 Å². The van der Waals surface area contributed by atoms with Crippen LogP contribution in [0.4, 0.5) is 5.69 Å². The molecule has 0 radical (unpaired) electrons. The first-order chi connectivity index (χ1) is 11.0. The van der Waals surface area contributed by atoms with Crippen LogP contribution in [0.3, 0.4) is 0 Å². The van der Waals surface area contributed by atoms with Crippen molar-refractivity contribution in [2.24, 2.45) is 0 Å². The lowest BCUT2D eigenvalue weighted by molar-refractivity contribution is 0.600. The Morgan fingerprint density at radius 3 is 2.43 bits per heavy atom. The van der Waals surface area contributed by atoms with Crippen molar-refractivity contribution in [2.75, 3.05) is 4.72 Å². The monoisotopic (exact) mass is 346 g/mol. The smallest absolute Gasteiger partial charge is 0.236 e. The van der Waals surface area contributed by atoms with Crippen LogP contribution in [0.15, 0.2) is 73.1 Å². The maximum absolute atomic E-state index is 12.3. The molecular formula is C17H15ClN2O2S. The van der Waals surface area contributed by atoms with E-state index in [2.05, 4.69) is 4.72 Å². The van der Waals surface area contributed by atoms with Crippen molar-refractivity contribution < 1.29 is 8.42 Å². The van der Waals surface area contributed by atoms with E-state index < -0.39 is 10.0 Å². The van der Waals surface area contributed by atoms with E-state index in [9.17, 15) is 8.42 Å². The van der Waals surface area contributed by atoms with Gasteiger partial charge in [0.2, 0.25) is 10.0 Å². The molecule has 0 saturated carbocycles. The molecule has 1 heterocycles. The summed E-state index contributed by atoms with van der Waals surface area (Å²) in [5, 5.41) is 0.443. The Labute approximate surface area is 140 Å². The van der Waals surface area contributed by atoms with Gasteiger partial charge in [-0.3, -0.25) is 4.72 Å². The number of hydrogen-bond donors (Lipinski definition) is 1. The van der Waals surface area contributed by atoms with Crippen molar-refractivity contribution in [1.29, 1.82) is 0 Å². The SMILES string of the molecule is O=S(=O)(Cc1ccccc1Cl)Nc1cccc(-n2cccc2)c1. The molecule has 0 bridgehead atoms. The molecular weight excluding hydrogens is 332 g/mol. The fourth-order valence-electron chi connectivity index (χ4n) is 2.27. The average Bonchev–Trinajstić information content (AvgIpc) is 3.03. The molecule has 1 N–H and O–H groups in total. The van der Waals surface area contributed by atoms with Gasteiger partial charge < -0.3 is 4.57 Å². The van der Waals surface area contributed by atoms with E-state index in [-0.39, 0.29) is 5.75 Å². The van der Waals surface area contributed by atoms with Crippen molar-refractivity contribution in [2.45, 2.75) is 5.75 Å². The summed E-state index contributed by atoms with van der Waals surface area (Å²) < 4.78 is 29.2. The Bertz CT molecular complexity index is 906. The average molecular weight is 347 g/mol. The molecule has 23 heavy (non-hydrogen) atoms. The second-order valence-corrected chi connectivity index (χ2v) is 7.22. The third kappa shape index (κ3) is 3.94. The summed E-state index contributed by atoms with van der Waals surface area (Å²) in [5.74, 6) is -0.166. The van der Waals surface area contributed by atoms with Gasteiger partial charge in [0.25, 0.3) is 0 Å². The number of nitrogens with one attached hydrogen (secondary N) is 1. The molecule has 0 saturated heterocycles. The second-order valence-electron chi connectivity index (χ2n) is 5.09. The molecule has 118 valence electrons. The van der Waals surface area contributed by atoms with Crippen LogP contribution in [0, 0.1) is 0 Å². The molecule has 6 heteroatoms. The zero-order chi connectivity index (χ0) is 16.3. The van der Waals surface area contributed by atoms with Crippen molar-refractivity contribution in [3.63, 3.8) is 0 Å². The van der Waals surface area contributed by atoms with E-state index in [0.717, 1.165) is 5.69 Å². The fraction of sp³-hybridized carbons (Fsp3) is 0.0588. The molecule has 0 amide bonds. The minimum Gasteiger partial charge on any atom is -0.324 e. The number of benzene rings is 2. The van der Waals surface area contributed by atoms with Crippen LogP contribution in [0.1, 0.15) is 5.56 Å². The van der Waals surface area contributed by atoms with Crippen molar-refractivity contribution in [3.05, 3.63) is 83.6 Å². The first kappa shape index (κ1) is 15.6. The Morgan fingerprint density at radius 2 is 1.70 bits per heavy atom. The highest BCUT2D eigenvalue weighted by atomic mass is 35.5. The molecule has 0 spiro atoms. The zero-order valence-electron chi connectivity index (χ0n) is 12.2. The number of nitrogens with zero attached hydrogens (tertiary/aromatic N) is 1. The standard InChI is InChI=1S/C17H15ClN2O2S/c18-17-9-2-1-6-14(17)13-23(21,22)19-15-7-5-8-16(12-15)20-10-3-4-11-20/h1-12,19H,13H2. The molecule has 0 atom stereocenters. The summed E-state index contributed by atoms with van der Waals surface area (Å²) in [6.45, 7) is 0. The first-order valence-electron chi connectivity index (χ1n) is 7.01. The molecule has 0 aliphatic rings. The van der Waals surface area contributed by atoms with Gasteiger partial charge in [0.1, 0.15) is 0 Å². The minimum absolute atomic E-state index is 0.166. The van der Waals surface area contributed by atoms with Gasteiger partial charge in [0.15, 0.2) is 0 Å². The number of anilines is 1. The number of sulfonamides is 1. The van der Waals surface area contributed by atoms with Gasteiger partial charge in [0, 0.05) is 23.1 Å². The summed E-state index contributed by atoms with van der Waals surface area (Å²) in [5.41, 5.74) is 1.97. The van der Waals surface area contributed by atoms with Gasteiger partial charge in [-0.1, -0.05) is 35.9 Å². The summed E-state index contributed by atoms with van der Waals surface area (Å²) in [7, 11) is -3.54. The topological polar surface area (TPSA) is 51.1 Å². The van der Waals surface area contributed by atoms with Crippen molar-refractivity contribution >= 4 is 27.3 Å². The second kappa shape index (κ2) is 6.48. The summed E-state index contributed by atoms with van der Waals surface area (Å²) in [4.78, 5) is 0. The molecule has 1 aromatic heterocycles. The maximum atomic E-state index is 12.3. The van der Waals surface area contributed by atoms with E-state index in [1.165, 1.54) is 0 Å². The fourth-order valence-corrected chi connectivity index (χ4v) is 3.77. The van der Waals surface area contributed by atoms with Crippen LogP contribution in [0.5, 0.6) is 0 Å². The van der Waals surface area contributed by atoms with Crippen LogP contribution in [0.2, 0.25) is 5.02 Å². The number of aromatic nitrogens is 1. The van der Waals surface area contributed by atoms with E-state index in [1.807, 2.05) is 41.2 Å². The summed E-state index contributed by atoms with van der Waals surface area (Å²) >= 11 is 6.03. The van der Waals surface area contributed by atoms with Crippen LogP contribution >= 0.6 is 11.6 Å².